The number of halogens is 1. The molecular formula is C22H20ClNO4S. The third kappa shape index (κ3) is 5.16. The van der Waals surface area contributed by atoms with Crippen LogP contribution < -0.4 is 10.1 Å². The summed E-state index contributed by atoms with van der Waals surface area (Å²) >= 11 is 7.18. The largest absolute Gasteiger partial charge is 0.484 e. The topological polar surface area (TPSA) is 64.6 Å². The van der Waals surface area contributed by atoms with Gasteiger partial charge in [-0.25, -0.2) is 4.79 Å². The molecule has 0 radical (unpaired) electrons. The minimum Gasteiger partial charge on any atom is -0.484 e. The van der Waals surface area contributed by atoms with Gasteiger partial charge in [-0.3, -0.25) is 4.79 Å². The Morgan fingerprint density at radius 2 is 1.76 bits per heavy atom. The molecule has 0 atom stereocenters. The Kier molecular flexibility index (Phi) is 6.90. The Morgan fingerprint density at radius 3 is 2.41 bits per heavy atom. The Balaban J connectivity index is 1.83. The molecule has 29 heavy (non-hydrogen) atoms. The number of hydrogen-bond acceptors (Lipinski definition) is 5. The lowest BCUT2D eigenvalue weighted by atomic mass is 10.0. The monoisotopic (exact) mass is 429 g/mol. The van der Waals surface area contributed by atoms with Crippen LogP contribution in [0.3, 0.4) is 0 Å². The molecule has 150 valence electrons. The van der Waals surface area contributed by atoms with Crippen LogP contribution in [0.25, 0.3) is 11.1 Å². The predicted molar refractivity (Wildman–Crippen MR) is 116 cm³/mol. The van der Waals surface area contributed by atoms with Crippen LogP contribution in [0.15, 0.2) is 54.6 Å². The first-order valence-electron chi connectivity index (χ1n) is 9.03. The highest BCUT2D eigenvalue weighted by atomic mass is 35.5. The van der Waals surface area contributed by atoms with E-state index in [9.17, 15) is 9.59 Å². The molecule has 1 aromatic heterocycles. The van der Waals surface area contributed by atoms with Gasteiger partial charge >= 0.3 is 5.97 Å². The van der Waals surface area contributed by atoms with Crippen molar-refractivity contribution in [3.05, 3.63) is 70.1 Å². The number of benzene rings is 2. The van der Waals surface area contributed by atoms with Crippen LogP contribution in [0.2, 0.25) is 5.02 Å². The molecule has 0 aliphatic rings. The first kappa shape index (κ1) is 20.9. The van der Waals surface area contributed by atoms with Gasteiger partial charge in [-0.15, -0.1) is 11.3 Å². The second kappa shape index (κ2) is 9.58. The lowest BCUT2D eigenvalue weighted by Crippen LogP contribution is -2.21. The van der Waals surface area contributed by atoms with Crippen molar-refractivity contribution in [1.82, 2.24) is 0 Å². The molecule has 5 nitrogen and oxygen atoms in total. The van der Waals surface area contributed by atoms with Crippen molar-refractivity contribution in [2.24, 2.45) is 0 Å². The van der Waals surface area contributed by atoms with E-state index in [4.69, 9.17) is 21.1 Å². The Morgan fingerprint density at radius 1 is 1.07 bits per heavy atom. The molecule has 0 aliphatic heterocycles. The Bertz CT molecular complexity index is 1000. The third-order valence-electron chi connectivity index (χ3n) is 4.06. The van der Waals surface area contributed by atoms with Crippen LogP contribution in [-0.2, 0) is 9.53 Å². The SMILES string of the molecule is CCOC(=O)c1c(NC(=O)COc2ccc(Cl)cc2)sc(C)c1-c1ccccc1. The number of rotatable bonds is 7. The van der Waals surface area contributed by atoms with E-state index >= 15 is 0 Å². The molecule has 1 amide bonds. The number of esters is 1. The molecular weight excluding hydrogens is 410 g/mol. The Hall–Kier alpha value is -2.83. The predicted octanol–water partition coefficient (Wildman–Crippen LogP) is 5.57. The molecule has 0 unspecified atom stereocenters. The van der Waals surface area contributed by atoms with Crippen molar-refractivity contribution in [3.63, 3.8) is 0 Å². The van der Waals surface area contributed by atoms with Crippen molar-refractivity contribution in [3.8, 4) is 16.9 Å². The van der Waals surface area contributed by atoms with Crippen LogP contribution in [-0.4, -0.2) is 25.1 Å². The van der Waals surface area contributed by atoms with E-state index in [1.807, 2.05) is 37.3 Å². The van der Waals surface area contributed by atoms with E-state index in [1.54, 1.807) is 31.2 Å². The average molecular weight is 430 g/mol. The summed E-state index contributed by atoms with van der Waals surface area (Å²) in [6, 6.07) is 16.3. The number of ether oxygens (including phenoxy) is 2. The van der Waals surface area contributed by atoms with Crippen LogP contribution in [0.4, 0.5) is 5.00 Å². The summed E-state index contributed by atoms with van der Waals surface area (Å²) in [7, 11) is 0. The van der Waals surface area contributed by atoms with Gasteiger partial charge in [0.2, 0.25) is 0 Å². The standard InChI is InChI=1S/C22H20ClNO4S/c1-3-27-22(26)20-19(15-7-5-4-6-8-15)14(2)29-21(20)24-18(25)13-28-17-11-9-16(23)10-12-17/h4-12H,3,13H2,1-2H3,(H,24,25). The van der Waals surface area contributed by atoms with Crippen molar-refractivity contribution < 1.29 is 19.1 Å². The summed E-state index contributed by atoms with van der Waals surface area (Å²) in [4.78, 5) is 26.0. The maximum Gasteiger partial charge on any atom is 0.341 e. The maximum absolute atomic E-state index is 12.7. The number of carbonyl (C=O) groups is 2. The fourth-order valence-corrected chi connectivity index (χ4v) is 4.03. The van der Waals surface area contributed by atoms with E-state index in [0.717, 1.165) is 16.0 Å². The Labute approximate surface area is 178 Å². The van der Waals surface area contributed by atoms with E-state index in [1.165, 1.54) is 11.3 Å². The van der Waals surface area contributed by atoms with Gasteiger partial charge in [0.1, 0.15) is 16.3 Å². The molecule has 0 aliphatic carbocycles. The highest BCUT2D eigenvalue weighted by molar-refractivity contribution is 7.17. The average Bonchev–Trinajstić information content (AvgIpc) is 3.04. The van der Waals surface area contributed by atoms with Crippen LogP contribution in [0, 0.1) is 6.92 Å². The van der Waals surface area contributed by atoms with Crippen LogP contribution in [0.5, 0.6) is 5.75 Å². The number of amides is 1. The molecule has 0 saturated heterocycles. The van der Waals surface area contributed by atoms with Crippen molar-refractivity contribution >= 4 is 39.8 Å². The van der Waals surface area contributed by atoms with Crippen molar-refractivity contribution in [2.75, 3.05) is 18.5 Å². The zero-order valence-electron chi connectivity index (χ0n) is 16.0. The van der Waals surface area contributed by atoms with Gasteiger partial charge in [-0.1, -0.05) is 41.9 Å². The highest BCUT2D eigenvalue weighted by Crippen LogP contribution is 2.40. The van der Waals surface area contributed by atoms with Crippen molar-refractivity contribution in [2.45, 2.75) is 13.8 Å². The smallest absolute Gasteiger partial charge is 0.341 e. The second-order valence-corrected chi connectivity index (χ2v) is 7.78. The third-order valence-corrected chi connectivity index (χ3v) is 5.34. The molecule has 1 heterocycles. The zero-order chi connectivity index (χ0) is 20.8. The summed E-state index contributed by atoms with van der Waals surface area (Å²) in [5.41, 5.74) is 2.02. The second-order valence-electron chi connectivity index (χ2n) is 6.11. The van der Waals surface area contributed by atoms with E-state index < -0.39 is 5.97 Å². The number of anilines is 1. The summed E-state index contributed by atoms with van der Waals surface area (Å²) in [5.74, 6) is -0.307. The molecule has 3 rings (SSSR count). The number of carbonyl (C=O) groups excluding carboxylic acids is 2. The molecule has 0 spiro atoms. The molecule has 0 fully saturated rings. The minimum atomic E-state index is -0.468. The number of hydrogen-bond donors (Lipinski definition) is 1. The van der Waals surface area contributed by atoms with Crippen LogP contribution in [0.1, 0.15) is 22.2 Å². The molecule has 2 aromatic carbocycles. The maximum atomic E-state index is 12.7. The molecule has 0 saturated carbocycles. The van der Waals surface area contributed by atoms with Gasteiger partial charge in [-0.05, 0) is 43.7 Å². The lowest BCUT2D eigenvalue weighted by molar-refractivity contribution is -0.118. The first-order chi connectivity index (χ1) is 14.0. The normalized spacial score (nSPS) is 10.4. The zero-order valence-corrected chi connectivity index (χ0v) is 17.6. The van der Waals surface area contributed by atoms with E-state index in [2.05, 4.69) is 5.32 Å². The van der Waals surface area contributed by atoms with Crippen LogP contribution >= 0.6 is 22.9 Å². The van der Waals surface area contributed by atoms with Gasteiger partial charge < -0.3 is 14.8 Å². The molecule has 1 N–H and O–H groups in total. The summed E-state index contributed by atoms with van der Waals surface area (Å²) in [6.07, 6.45) is 0. The summed E-state index contributed by atoms with van der Waals surface area (Å²) in [5, 5.41) is 3.83. The number of thiophene rings is 1. The molecule has 0 bridgehead atoms. The fourth-order valence-electron chi connectivity index (χ4n) is 2.83. The number of aryl methyl sites for hydroxylation is 1. The van der Waals surface area contributed by atoms with Crippen molar-refractivity contribution in [1.29, 1.82) is 0 Å². The molecule has 3 aromatic rings. The first-order valence-corrected chi connectivity index (χ1v) is 10.2. The quantitative estimate of drug-likeness (QED) is 0.498. The van der Waals surface area contributed by atoms with Gasteiger partial charge in [-0.2, -0.15) is 0 Å². The van der Waals surface area contributed by atoms with E-state index in [0.29, 0.717) is 21.3 Å². The fraction of sp³-hybridized carbons (Fsp3) is 0.182. The van der Waals surface area contributed by atoms with E-state index in [-0.39, 0.29) is 19.1 Å². The lowest BCUT2D eigenvalue weighted by Gasteiger charge is -2.10. The van der Waals surface area contributed by atoms with Gasteiger partial charge in [0.15, 0.2) is 6.61 Å². The van der Waals surface area contributed by atoms with Gasteiger partial charge in [0.25, 0.3) is 5.91 Å². The highest BCUT2D eigenvalue weighted by Gasteiger charge is 2.25. The minimum absolute atomic E-state index is 0.193. The molecule has 7 heteroatoms. The van der Waals surface area contributed by atoms with Gasteiger partial charge in [0.05, 0.1) is 6.61 Å². The number of nitrogens with one attached hydrogen (secondary N) is 1. The summed E-state index contributed by atoms with van der Waals surface area (Å²) in [6.45, 7) is 3.71. The summed E-state index contributed by atoms with van der Waals surface area (Å²) < 4.78 is 10.7. The van der Waals surface area contributed by atoms with Gasteiger partial charge in [0, 0.05) is 15.5 Å².